The molecule has 0 aromatic carbocycles. The number of carbonyl (C=O) groups excluding carboxylic acids is 1. The molecular formula is C16H33Cl2N3O2. The summed E-state index contributed by atoms with van der Waals surface area (Å²) in [7, 11) is 0. The molecule has 2 aliphatic rings. The summed E-state index contributed by atoms with van der Waals surface area (Å²) in [6, 6.07) is 0.570. The molecule has 1 heterocycles. The molecule has 1 aliphatic carbocycles. The Kier molecular flexibility index (Phi) is 10.7. The van der Waals surface area contributed by atoms with Crippen LogP contribution in [-0.4, -0.2) is 65.2 Å². The minimum atomic E-state index is -0.308. The van der Waals surface area contributed by atoms with Crippen LogP contribution in [0.5, 0.6) is 0 Å². The van der Waals surface area contributed by atoms with E-state index in [2.05, 4.69) is 11.8 Å². The highest BCUT2D eigenvalue weighted by Gasteiger charge is 2.33. The molecule has 138 valence electrons. The van der Waals surface area contributed by atoms with Crippen LogP contribution in [-0.2, 0) is 4.79 Å². The Labute approximate surface area is 152 Å². The average molecular weight is 370 g/mol. The fourth-order valence-electron chi connectivity index (χ4n) is 3.77. The van der Waals surface area contributed by atoms with E-state index < -0.39 is 0 Å². The van der Waals surface area contributed by atoms with Crippen molar-refractivity contribution in [3.63, 3.8) is 0 Å². The van der Waals surface area contributed by atoms with E-state index in [1.165, 1.54) is 0 Å². The summed E-state index contributed by atoms with van der Waals surface area (Å²) in [5.74, 6) is 0.440. The van der Waals surface area contributed by atoms with Crippen molar-refractivity contribution in [1.82, 2.24) is 9.80 Å². The zero-order chi connectivity index (χ0) is 15.4. The Morgan fingerprint density at radius 1 is 1.30 bits per heavy atom. The van der Waals surface area contributed by atoms with Gasteiger partial charge in [-0.15, -0.1) is 24.8 Å². The number of carbonyl (C=O) groups is 1. The van der Waals surface area contributed by atoms with Crippen LogP contribution in [0.1, 0.15) is 46.0 Å². The molecule has 0 spiro atoms. The second kappa shape index (κ2) is 10.7. The molecule has 7 heteroatoms. The first-order valence-electron chi connectivity index (χ1n) is 8.47. The predicted octanol–water partition coefficient (Wildman–Crippen LogP) is 1.65. The smallest absolute Gasteiger partial charge is 0.225 e. The maximum absolute atomic E-state index is 12.7. The van der Waals surface area contributed by atoms with Crippen LogP contribution in [0.2, 0.25) is 0 Å². The van der Waals surface area contributed by atoms with Gasteiger partial charge >= 0.3 is 0 Å². The largest absolute Gasteiger partial charge is 0.392 e. The number of β-amino-alcohol motifs (C(OH)–C–C–N with tert-alkyl or cyclic N) is 1. The number of amides is 1. The quantitative estimate of drug-likeness (QED) is 0.790. The zero-order valence-electron chi connectivity index (χ0n) is 14.3. The topological polar surface area (TPSA) is 69.8 Å². The van der Waals surface area contributed by atoms with Crippen LogP contribution in [0.3, 0.4) is 0 Å². The van der Waals surface area contributed by atoms with Crippen molar-refractivity contribution in [3.8, 4) is 0 Å². The Balaban J connectivity index is 0.00000242. The lowest BCUT2D eigenvalue weighted by molar-refractivity contribution is -0.140. The highest BCUT2D eigenvalue weighted by molar-refractivity contribution is 5.85. The van der Waals surface area contributed by atoms with E-state index in [4.69, 9.17) is 5.73 Å². The molecule has 1 amide bonds. The lowest BCUT2D eigenvalue weighted by Crippen LogP contribution is -2.57. The van der Waals surface area contributed by atoms with Crippen molar-refractivity contribution >= 4 is 30.7 Å². The molecule has 23 heavy (non-hydrogen) atoms. The number of hydrogen-bond acceptors (Lipinski definition) is 4. The first-order valence-corrected chi connectivity index (χ1v) is 8.47. The van der Waals surface area contributed by atoms with Crippen molar-refractivity contribution in [2.24, 2.45) is 11.7 Å². The highest BCUT2D eigenvalue weighted by atomic mass is 35.5. The number of nitrogens with two attached hydrogens (primary N) is 1. The predicted molar refractivity (Wildman–Crippen MR) is 98.3 cm³/mol. The van der Waals surface area contributed by atoms with E-state index in [1.54, 1.807) is 0 Å². The second-order valence-corrected chi connectivity index (χ2v) is 6.81. The minimum Gasteiger partial charge on any atom is -0.392 e. The van der Waals surface area contributed by atoms with E-state index >= 15 is 0 Å². The Morgan fingerprint density at radius 2 is 2.00 bits per heavy atom. The molecule has 4 atom stereocenters. The van der Waals surface area contributed by atoms with E-state index in [0.717, 1.165) is 51.7 Å². The zero-order valence-corrected chi connectivity index (χ0v) is 16.0. The molecule has 0 bridgehead atoms. The second-order valence-electron chi connectivity index (χ2n) is 6.81. The maximum atomic E-state index is 12.7. The first kappa shape index (κ1) is 22.9. The third kappa shape index (κ3) is 6.39. The van der Waals surface area contributed by atoms with Gasteiger partial charge in [0.2, 0.25) is 5.91 Å². The fraction of sp³-hybridized carbons (Fsp3) is 0.938. The number of aliphatic hydroxyl groups excluding tert-OH is 1. The van der Waals surface area contributed by atoms with Crippen LogP contribution in [0.25, 0.3) is 0 Å². The third-order valence-corrected chi connectivity index (χ3v) is 4.95. The van der Waals surface area contributed by atoms with Crippen LogP contribution in [0, 0.1) is 5.92 Å². The molecule has 4 unspecified atom stereocenters. The van der Waals surface area contributed by atoms with Gasteiger partial charge in [-0.05, 0) is 32.6 Å². The van der Waals surface area contributed by atoms with Crippen LogP contribution in [0.15, 0.2) is 0 Å². The van der Waals surface area contributed by atoms with Crippen molar-refractivity contribution in [1.29, 1.82) is 0 Å². The third-order valence-electron chi connectivity index (χ3n) is 4.95. The number of halogens is 2. The van der Waals surface area contributed by atoms with Crippen LogP contribution >= 0.6 is 24.8 Å². The molecule has 2 rings (SSSR count). The molecule has 1 saturated heterocycles. The minimum absolute atomic E-state index is 0. The van der Waals surface area contributed by atoms with Gasteiger partial charge in [0.15, 0.2) is 0 Å². The van der Waals surface area contributed by atoms with E-state index in [1.807, 2.05) is 11.8 Å². The number of piperazine rings is 1. The lowest BCUT2D eigenvalue weighted by Gasteiger charge is -2.43. The summed E-state index contributed by atoms with van der Waals surface area (Å²) in [5.41, 5.74) is 6.02. The summed E-state index contributed by atoms with van der Waals surface area (Å²) in [6.07, 6.45) is 4.69. The molecule has 1 saturated carbocycles. The molecule has 1 aliphatic heterocycles. The van der Waals surface area contributed by atoms with Gasteiger partial charge in [-0.3, -0.25) is 9.69 Å². The molecular weight excluding hydrogens is 337 g/mol. The van der Waals surface area contributed by atoms with Gasteiger partial charge in [0.05, 0.1) is 6.10 Å². The monoisotopic (exact) mass is 369 g/mol. The SMILES string of the molecule is CCC1CN(C(=O)C2CCCC(N)C2)CCN1CC(C)O.Cl.Cl. The van der Waals surface area contributed by atoms with Crippen molar-refractivity contribution < 1.29 is 9.90 Å². The molecule has 5 nitrogen and oxygen atoms in total. The summed E-state index contributed by atoms with van der Waals surface area (Å²) in [6.45, 7) is 7.14. The maximum Gasteiger partial charge on any atom is 0.225 e. The molecule has 3 N–H and O–H groups in total. The molecule has 0 aromatic heterocycles. The van der Waals surface area contributed by atoms with Crippen molar-refractivity contribution in [2.45, 2.75) is 64.1 Å². The summed E-state index contributed by atoms with van der Waals surface area (Å²) in [4.78, 5) is 17.0. The van der Waals surface area contributed by atoms with E-state index in [9.17, 15) is 9.90 Å². The molecule has 0 aromatic rings. The van der Waals surface area contributed by atoms with Gasteiger partial charge < -0.3 is 15.7 Å². The Morgan fingerprint density at radius 3 is 2.57 bits per heavy atom. The average Bonchev–Trinajstić information content (AvgIpc) is 2.46. The number of rotatable bonds is 4. The molecule has 0 radical (unpaired) electrons. The Bertz CT molecular complexity index is 358. The Hall–Kier alpha value is -0.0700. The van der Waals surface area contributed by atoms with E-state index in [-0.39, 0.29) is 42.9 Å². The molecule has 2 fully saturated rings. The summed E-state index contributed by atoms with van der Waals surface area (Å²) < 4.78 is 0. The van der Waals surface area contributed by atoms with Crippen LogP contribution in [0.4, 0.5) is 0 Å². The number of hydrogen-bond donors (Lipinski definition) is 2. The number of nitrogens with zero attached hydrogens (tertiary/aromatic N) is 2. The van der Waals surface area contributed by atoms with Gasteiger partial charge in [-0.2, -0.15) is 0 Å². The lowest BCUT2D eigenvalue weighted by atomic mass is 9.85. The highest BCUT2D eigenvalue weighted by Crippen LogP contribution is 2.26. The van der Waals surface area contributed by atoms with Crippen LogP contribution < -0.4 is 5.73 Å². The van der Waals surface area contributed by atoms with Gasteiger partial charge in [-0.25, -0.2) is 0 Å². The van der Waals surface area contributed by atoms with Crippen molar-refractivity contribution in [3.05, 3.63) is 0 Å². The normalized spacial score (nSPS) is 30.1. The fourth-order valence-corrected chi connectivity index (χ4v) is 3.77. The van der Waals surface area contributed by atoms with E-state index in [0.29, 0.717) is 18.5 Å². The van der Waals surface area contributed by atoms with Gasteiger partial charge in [0.1, 0.15) is 0 Å². The standard InChI is InChI=1S/C16H31N3O2.2ClH/c1-3-15-11-19(8-7-18(15)10-12(2)20)16(21)13-5-4-6-14(17)9-13;;/h12-15,20H,3-11,17H2,1-2H3;2*1H. The summed E-state index contributed by atoms with van der Waals surface area (Å²) >= 11 is 0. The van der Waals surface area contributed by atoms with Gasteiger partial charge in [0.25, 0.3) is 0 Å². The van der Waals surface area contributed by atoms with Gasteiger partial charge in [-0.1, -0.05) is 13.3 Å². The number of aliphatic hydroxyl groups is 1. The summed E-state index contributed by atoms with van der Waals surface area (Å²) in [5, 5.41) is 9.59. The van der Waals surface area contributed by atoms with Gasteiger partial charge in [0, 0.05) is 44.2 Å². The van der Waals surface area contributed by atoms with Crippen molar-refractivity contribution in [2.75, 3.05) is 26.2 Å². The first-order chi connectivity index (χ1) is 10.0.